The highest BCUT2D eigenvalue weighted by atomic mass is 16.7. The fraction of sp³-hybridized carbons (Fsp3) is 0.625. The lowest BCUT2D eigenvalue weighted by Gasteiger charge is -2.16. The Morgan fingerprint density at radius 2 is 1.83 bits per heavy atom. The minimum absolute atomic E-state index is 0.522. The van der Waals surface area contributed by atoms with Gasteiger partial charge in [-0.1, -0.05) is 32.8 Å². The van der Waals surface area contributed by atoms with Gasteiger partial charge in [-0.25, -0.2) is 0 Å². The van der Waals surface area contributed by atoms with Gasteiger partial charge in [-0.2, -0.15) is 0 Å². The van der Waals surface area contributed by atoms with Crippen LogP contribution in [-0.2, 0) is 0 Å². The maximum atomic E-state index is 5.81. The molecule has 18 heavy (non-hydrogen) atoms. The standard InChI is InChI=1S/C16H24O2/c1-5-7-8-12(6-2)13-9-10-14-15(11-13)18-16(3,4)17-14/h9-12H,5-8H2,1-4H3. The van der Waals surface area contributed by atoms with Crippen LogP contribution in [0.1, 0.15) is 64.9 Å². The summed E-state index contributed by atoms with van der Waals surface area (Å²) in [5.41, 5.74) is 1.38. The summed E-state index contributed by atoms with van der Waals surface area (Å²) in [7, 11) is 0. The van der Waals surface area contributed by atoms with Crippen LogP contribution in [0.5, 0.6) is 11.5 Å². The largest absolute Gasteiger partial charge is 0.449 e. The predicted octanol–water partition coefficient (Wildman–Crippen LogP) is 4.88. The lowest BCUT2D eigenvalue weighted by Crippen LogP contribution is -2.29. The normalized spacial score (nSPS) is 17.8. The van der Waals surface area contributed by atoms with Crippen LogP contribution in [0.25, 0.3) is 0 Å². The minimum atomic E-state index is -0.522. The molecule has 1 heterocycles. The van der Waals surface area contributed by atoms with Crippen molar-refractivity contribution in [2.45, 2.75) is 65.1 Å². The predicted molar refractivity (Wildman–Crippen MR) is 74.3 cm³/mol. The second-order valence-corrected chi connectivity index (χ2v) is 5.56. The highest BCUT2D eigenvalue weighted by Crippen LogP contribution is 2.41. The molecule has 0 amide bonds. The summed E-state index contributed by atoms with van der Waals surface area (Å²) in [4.78, 5) is 0. The second-order valence-electron chi connectivity index (χ2n) is 5.56. The van der Waals surface area contributed by atoms with Crippen LogP contribution < -0.4 is 9.47 Å². The third kappa shape index (κ3) is 2.80. The summed E-state index contributed by atoms with van der Waals surface area (Å²) in [6.07, 6.45) is 4.99. The summed E-state index contributed by atoms with van der Waals surface area (Å²) < 4.78 is 11.5. The first kappa shape index (κ1) is 13.3. The maximum absolute atomic E-state index is 5.81. The molecule has 0 bridgehead atoms. The zero-order valence-corrected chi connectivity index (χ0v) is 12.0. The summed E-state index contributed by atoms with van der Waals surface area (Å²) in [5.74, 6) is 1.88. The zero-order chi connectivity index (χ0) is 13.2. The van der Waals surface area contributed by atoms with E-state index in [0.29, 0.717) is 5.92 Å². The van der Waals surface area contributed by atoms with E-state index >= 15 is 0 Å². The molecule has 1 aliphatic heterocycles. The fourth-order valence-corrected chi connectivity index (χ4v) is 2.55. The van der Waals surface area contributed by atoms with E-state index in [1.165, 1.54) is 31.2 Å². The first-order chi connectivity index (χ1) is 8.55. The van der Waals surface area contributed by atoms with Gasteiger partial charge in [0, 0.05) is 13.8 Å². The molecule has 0 saturated carbocycles. The lowest BCUT2D eigenvalue weighted by atomic mass is 9.91. The molecule has 0 saturated heterocycles. The van der Waals surface area contributed by atoms with Crippen molar-refractivity contribution in [2.75, 3.05) is 0 Å². The van der Waals surface area contributed by atoms with Crippen molar-refractivity contribution in [2.24, 2.45) is 0 Å². The quantitative estimate of drug-likeness (QED) is 0.739. The van der Waals surface area contributed by atoms with E-state index < -0.39 is 5.79 Å². The van der Waals surface area contributed by atoms with Crippen molar-refractivity contribution in [3.63, 3.8) is 0 Å². The van der Waals surface area contributed by atoms with Crippen LogP contribution in [0.4, 0.5) is 0 Å². The number of ether oxygens (including phenoxy) is 2. The molecule has 100 valence electrons. The van der Waals surface area contributed by atoms with E-state index in [2.05, 4.69) is 26.0 Å². The third-order valence-corrected chi connectivity index (χ3v) is 3.55. The summed E-state index contributed by atoms with van der Waals surface area (Å²) in [6.45, 7) is 8.39. The van der Waals surface area contributed by atoms with E-state index in [1.807, 2.05) is 19.9 Å². The molecule has 0 N–H and O–H groups in total. The van der Waals surface area contributed by atoms with Crippen LogP contribution >= 0.6 is 0 Å². The number of benzene rings is 1. The van der Waals surface area contributed by atoms with Crippen molar-refractivity contribution in [3.05, 3.63) is 23.8 Å². The fourth-order valence-electron chi connectivity index (χ4n) is 2.55. The molecule has 0 radical (unpaired) electrons. The highest BCUT2D eigenvalue weighted by Gasteiger charge is 2.31. The van der Waals surface area contributed by atoms with E-state index in [-0.39, 0.29) is 0 Å². The third-order valence-electron chi connectivity index (χ3n) is 3.55. The first-order valence-electron chi connectivity index (χ1n) is 7.07. The Morgan fingerprint density at radius 1 is 1.11 bits per heavy atom. The van der Waals surface area contributed by atoms with Crippen LogP contribution in [0.3, 0.4) is 0 Å². The lowest BCUT2D eigenvalue weighted by molar-refractivity contribution is -0.0431. The Bertz CT molecular complexity index is 410. The van der Waals surface area contributed by atoms with Crippen LogP contribution in [0, 0.1) is 0 Å². The SMILES string of the molecule is CCCCC(CC)c1ccc2c(c1)OC(C)(C)O2. The van der Waals surface area contributed by atoms with Gasteiger partial charge in [0.15, 0.2) is 11.5 Å². The Balaban J connectivity index is 2.16. The van der Waals surface area contributed by atoms with E-state index in [4.69, 9.17) is 9.47 Å². The first-order valence-corrected chi connectivity index (χ1v) is 7.07. The van der Waals surface area contributed by atoms with Crippen LogP contribution in [0.15, 0.2) is 18.2 Å². The van der Waals surface area contributed by atoms with E-state index in [0.717, 1.165) is 11.5 Å². The molecule has 2 rings (SSSR count). The van der Waals surface area contributed by atoms with Gasteiger partial charge >= 0.3 is 0 Å². The molecular formula is C16H24O2. The van der Waals surface area contributed by atoms with Crippen molar-refractivity contribution < 1.29 is 9.47 Å². The Morgan fingerprint density at radius 3 is 2.50 bits per heavy atom. The Hall–Kier alpha value is -1.18. The molecule has 0 fully saturated rings. The van der Waals surface area contributed by atoms with Crippen molar-refractivity contribution >= 4 is 0 Å². The average molecular weight is 248 g/mol. The number of unbranched alkanes of at least 4 members (excludes halogenated alkanes) is 1. The molecular weight excluding hydrogens is 224 g/mol. The monoisotopic (exact) mass is 248 g/mol. The molecule has 1 atom stereocenters. The minimum Gasteiger partial charge on any atom is -0.449 e. The van der Waals surface area contributed by atoms with Crippen molar-refractivity contribution in [1.82, 2.24) is 0 Å². The molecule has 1 aliphatic rings. The van der Waals surface area contributed by atoms with Gasteiger partial charge in [0.05, 0.1) is 0 Å². The number of hydrogen-bond donors (Lipinski definition) is 0. The summed E-state index contributed by atoms with van der Waals surface area (Å²) in [5, 5.41) is 0. The highest BCUT2D eigenvalue weighted by molar-refractivity contribution is 5.46. The molecule has 1 aromatic carbocycles. The van der Waals surface area contributed by atoms with Gasteiger partial charge in [0.25, 0.3) is 0 Å². The molecule has 2 heteroatoms. The van der Waals surface area contributed by atoms with Gasteiger partial charge in [-0.05, 0) is 36.5 Å². The Labute approximate surface area is 110 Å². The maximum Gasteiger partial charge on any atom is 0.246 e. The summed E-state index contributed by atoms with van der Waals surface area (Å²) in [6, 6.07) is 6.40. The van der Waals surface area contributed by atoms with Gasteiger partial charge < -0.3 is 9.47 Å². The number of hydrogen-bond acceptors (Lipinski definition) is 2. The number of rotatable bonds is 5. The second kappa shape index (κ2) is 5.21. The molecule has 2 nitrogen and oxygen atoms in total. The molecule has 1 aromatic rings. The van der Waals surface area contributed by atoms with Gasteiger partial charge in [-0.15, -0.1) is 0 Å². The van der Waals surface area contributed by atoms with Crippen molar-refractivity contribution in [1.29, 1.82) is 0 Å². The van der Waals surface area contributed by atoms with Gasteiger partial charge in [0.2, 0.25) is 5.79 Å². The topological polar surface area (TPSA) is 18.5 Å². The van der Waals surface area contributed by atoms with E-state index in [1.54, 1.807) is 0 Å². The number of fused-ring (bicyclic) bond motifs is 1. The van der Waals surface area contributed by atoms with Crippen LogP contribution in [0.2, 0.25) is 0 Å². The molecule has 0 spiro atoms. The summed E-state index contributed by atoms with van der Waals surface area (Å²) >= 11 is 0. The Kier molecular flexibility index (Phi) is 3.84. The molecule has 0 aromatic heterocycles. The van der Waals surface area contributed by atoms with Gasteiger partial charge in [-0.3, -0.25) is 0 Å². The van der Waals surface area contributed by atoms with Crippen molar-refractivity contribution in [3.8, 4) is 11.5 Å². The van der Waals surface area contributed by atoms with Crippen LogP contribution in [-0.4, -0.2) is 5.79 Å². The zero-order valence-electron chi connectivity index (χ0n) is 12.0. The van der Waals surface area contributed by atoms with Gasteiger partial charge in [0.1, 0.15) is 0 Å². The average Bonchev–Trinajstić information content (AvgIpc) is 2.63. The smallest absolute Gasteiger partial charge is 0.246 e. The van der Waals surface area contributed by atoms with E-state index in [9.17, 15) is 0 Å². The molecule has 0 aliphatic carbocycles. The molecule has 1 unspecified atom stereocenters.